The van der Waals surface area contributed by atoms with Gasteiger partial charge in [-0.15, -0.1) is 0 Å². The standard InChI is InChI=1S/C13H13NO3/c1-9-14-13(10-5-3-2-4-6-10)11(17-9)7-8-12(15)16/h2-6H,7-8H2,1H3,(H,15,16). The van der Waals surface area contributed by atoms with Gasteiger partial charge in [0.15, 0.2) is 5.89 Å². The number of aliphatic carboxylic acids is 1. The van der Waals surface area contributed by atoms with Crippen LogP contribution < -0.4 is 0 Å². The monoisotopic (exact) mass is 231 g/mol. The van der Waals surface area contributed by atoms with Crippen molar-refractivity contribution in [3.8, 4) is 11.3 Å². The maximum atomic E-state index is 10.6. The fourth-order valence-electron chi connectivity index (χ4n) is 1.68. The van der Waals surface area contributed by atoms with E-state index < -0.39 is 5.97 Å². The van der Waals surface area contributed by atoms with Crippen molar-refractivity contribution in [1.82, 2.24) is 4.98 Å². The largest absolute Gasteiger partial charge is 0.481 e. The number of carboxylic acid groups (broad SMARTS) is 1. The molecule has 4 heteroatoms. The van der Waals surface area contributed by atoms with Crippen LogP contribution in [0.2, 0.25) is 0 Å². The smallest absolute Gasteiger partial charge is 0.303 e. The molecule has 0 bridgehead atoms. The number of aryl methyl sites for hydroxylation is 2. The Morgan fingerprint density at radius 3 is 2.71 bits per heavy atom. The van der Waals surface area contributed by atoms with Crippen LogP contribution in [0, 0.1) is 6.92 Å². The van der Waals surface area contributed by atoms with E-state index in [4.69, 9.17) is 9.52 Å². The summed E-state index contributed by atoms with van der Waals surface area (Å²) in [5.41, 5.74) is 1.69. The maximum Gasteiger partial charge on any atom is 0.303 e. The number of rotatable bonds is 4. The van der Waals surface area contributed by atoms with Crippen LogP contribution in [0.1, 0.15) is 18.1 Å². The molecule has 0 radical (unpaired) electrons. The van der Waals surface area contributed by atoms with E-state index >= 15 is 0 Å². The van der Waals surface area contributed by atoms with Crippen molar-refractivity contribution < 1.29 is 14.3 Å². The Hall–Kier alpha value is -2.10. The molecule has 0 saturated carbocycles. The number of carboxylic acids is 1. The molecule has 0 saturated heterocycles. The summed E-state index contributed by atoms with van der Waals surface area (Å²) < 4.78 is 5.45. The third kappa shape index (κ3) is 2.72. The summed E-state index contributed by atoms with van der Waals surface area (Å²) in [5.74, 6) is 0.360. The lowest BCUT2D eigenvalue weighted by molar-refractivity contribution is -0.137. The van der Waals surface area contributed by atoms with Crippen molar-refractivity contribution in [2.24, 2.45) is 0 Å². The average molecular weight is 231 g/mol. The fourth-order valence-corrected chi connectivity index (χ4v) is 1.68. The molecule has 0 atom stereocenters. The van der Waals surface area contributed by atoms with Crippen LogP contribution >= 0.6 is 0 Å². The number of oxazole rings is 1. The van der Waals surface area contributed by atoms with Crippen molar-refractivity contribution >= 4 is 5.97 Å². The van der Waals surface area contributed by atoms with E-state index in [0.29, 0.717) is 18.1 Å². The van der Waals surface area contributed by atoms with E-state index in [1.54, 1.807) is 6.92 Å². The Morgan fingerprint density at radius 1 is 1.35 bits per heavy atom. The lowest BCUT2D eigenvalue weighted by Gasteiger charge is -1.99. The van der Waals surface area contributed by atoms with Crippen LogP contribution in [-0.4, -0.2) is 16.1 Å². The van der Waals surface area contributed by atoms with Gasteiger partial charge in [0.25, 0.3) is 0 Å². The van der Waals surface area contributed by atoms with Gasteiger partial charge in [0, 0.05) is 18.9 Å². The lowest BCUT2D eigenvalue weighted by atomic mass is 10.1. The minimum Gasteiger partial charge on any atom is -0.481 e. The predicted octanol–water partition coefficient (Wildman–Crippen LogP) is 2.67. The van der Waals surface area contributed by atoms with Gasteiger partial charge in [-0.05, 0) is 0 Å². The number of hydrogen-bond acceptors (Lipinski definition) is 3. The summed E-state index contributed by atoms with van der Waals surface area (Å²) in [5, 5.41) is 8.68. The zero-order valence-electron chi connectivity index (χ0n) is 9.51. The van der Waals surface area contributed by atoms with Crippen molar-refractivity contribution in [3.05, 3.63) is 42.0 Å². The molecule has 0 amide bonds. The quantitative estimate of drug-likeness (QED) is 0.878. The van der Waals surface area contributed by atoms with Crippen molar-refractivity contribution in [3.63, 3.8) is 0 Å². The first-order chi connectivity index (χ1) is 8.16. The maximum absolute atomic E-state index is 10.6. The number of nitrogens with zero attached hydrogens (tertiary/aromatic N) is 1. The number of carbonyl (C=O) groups is 1. The Morgan fingerprint density at radius 2 is 2.06 bits per heavy atom. The molecule has 0 aliphatic carbocycles. The van der Waals surface area contributed by atoms with Gasteiger partial charge in [0.1, 0.15) is 11.5 Å². The average Bonchev–Trinajstić information content (AvgIpc) is 2.69. The first-order valence-corrected chi connectivity index (χ1v) is 5.40. The Kier molecular flexibility index (Phi) is 3.23. The van der Waals surface area contributed by atoms with Crippen molar-refractivity contribution in [1.29, 1.82) is 0 Å². The highest BCUT2D eigenvalue weighted by Gasteiger charge is 2.13. The third-order valence-electron chi connectivity index (χ3n) is 2.42. The van der Waals surface area contributed by atoms with Crippen molar-refractivity contribution in [2.45, 2.75) is 19.8 Å². The molecular weight excluding hydrogens is 218 g/mol. The van der Waals surface area contributed by atoms with Crippen LogP contribution in [-0.2, 0) is 11.2 Å². The molecule has 0 unspecified atom stereocenters. The zero-order chi connectivity index (χ0) is 12.3. The van der Waals surface area contributed by atoms with E-state index in [2.05, 4.69) is 4.98 Å². The van der Waals surface area contributed by atoms with Gasteiger partial charge in [0.2, 0.25) is 0 Å². The molecule has 88 valence electrons. The molecule has 0 spiro atoms. The molecular formula is C13H13NO3. The van der Waals surface area contributed by atoms with Gasteiger partial charge >= 0.3 is 5.97 Å². The molecule has 17 heavy (non-hydrogen) atoms. The molecule has 1 aromatic heterocycles. The Bertz CT molecular complexity index is 517. The molecule has 1 aromatic carbocycles. The highest BCUT2D eigenvalue weighted by Crippen LogP contribution is 2.24. The first-order valence-electron chi connectivity index (χ1n) is 5.40. The normalized spacial score (nSPS) is 10.4. The predicted molar refractivity (Wildman–Crippen MR) is 62.6 cm³/mol. The second kappa shape index (κ2) is 4.82. The molecule has 1 N–H and O–H groups in total. The van der Waals surface area contributed by atoms with E-state index in [-0.39, 0.29) is 6.42 Å². The molecule has 2 aromatic rings. The molecule has 4 nitrogen and oxygen atoms in total. The van der Waals surface area contributed by atoms with Gasteiger partial charge in [-0.3, -0.25) is 4.79 Å². The van der Waals surface area contributed by atoms with E-state index in [0.717, 1.165) is 11.3 Å². The van der Waals surface area contributed by atoms with Gasteiger partial charge in [-0.2, -0.15) is 0 Å². The first kappa shape index (κ1) is 11.4. The second-order valence-electron chi connectivity index (χ2n) is 3.76. The highest BCUT2D eigenvalue weighted by molar-refractivity contribution is 5.68. The van der Waals surface area contributed by atoms with E-state index in [9.17, 15) is 4.79 Å². The Labute approximate surface area is 98.9 Å². The Balaban J connectivity index is 2.31. The van der Waals surface area contributed by atoms with Crippen LogP contribution in [0.4, 0.5) is 0 Å². The van der Waals surface area contributed by atoms with Crippen LogP contribution in [0.3, 0.4) is 0 Å². The van der Waals surface area contributed by atoms with Crippen LogP contribution in [0.5, 0.6) is 0 Å². The third-order valence-corrected chi connectivity index (χ3v) is 2.42. The van der Waals surface area contributed by atoms with E-state index in [1.165, 1.54) is 0 Å². The molecule has 1 heterocycles. The van der Waals surface area contributed by atoms with E-state index in [1.807, 2.05) is 30.3 Å². The molecule has 0 aliphatic rings. The number of benzene rings is 1. The van der Waals surface area contributed by atoms with Gasteiger partial charge in [-0.25, -0.2) is 4.98 Å². The van der Waals surface area contributed by atoms with Gasteiger partial charge < -0.3 is 9.52 Å². The van der Waals surface area contributed by atoms with Crippen LogP contribution in [0.25, 0.3) is 11.3 Å². The second-order valence-corrected chi connectivity index (χ2v) is 3.76. The highest BCUT2D eigenvalue weighted by atomic mass is 16.4. The summed E-state index contributed by atoms with van der Waals surface area (Å²) in [4.78, 5) is 14.9. The number of hydrogen-bond donors (Lipinski definition) is 1. The fraction of sp³-hybridized carbons (Fsp3) is 0.231. The summed E-state index contributed by atoms with van der Waals surface area (Å²) in [6, 6.07) is 9.62. The summed E-state index contributed by atoms with van der Waals surface area (Å²) in [7, 11) is 0. The summed E-state index contributed by atoms with van der Waals surface area (Å²) in [6.45, 7) is 1.76. The lowest BCUT2D eigenvalue weighted by Crippen LogP contribution is -1.97. The minimum atomic E-state index is -0.835. The zero-order valence-corrected chi connectivity index (χ0v) is 9.51. The topological polar surface area (TPSA) is 63.3 Å². The molecule has 0 fully saturated rings. The molecule has 0 aliphatic heterocycles. The van der Waals surface area contributed by atoms with Crippen molar-refractivity contribution in [2.75, 3.05) is 0 Å². The number of aromatic nitrogens is 1. The molecule has 2 rings (SSSR count). The summed E-state index contributed by atoms with van der Waals surface area (Å²) in [6.07, 6.45) is 0.412. The summed E-state index contributed by atoms with van der Waals surface area (Å²) >= 11 is 0. The SMILES string of the molecule is Cc1nc(-c2ccccc2)c(CCC(=O)O)o1. The van der Waals surface area contributed by atoms with Crippen LogP contribution in [0.15, 0.2) is 34.7 Å². The van der Waals surface area contributed by atoms with Gasteiger partial charge in [-0.1, -0.05) is 30.3 Å². The minimum absolute atomic E-state index is 0.0501. The van der Waals surface area contributed by atoms with Gasteiger partial charge in [0.05, 0.1) is 6.42 Å².